The minimum absolute atomic E-state index is 0.371. The van der Waals surface area contributed by atoms with E-state index < -0.39 is 23.1 Å². The van der Waals surface area contributed by atoms with Crippen LogP contribution in [0.15, 0.2) is 24.3 Å². The van der Waals surface area contributed by atoms with E-state index in [4.69, 9.17) is 17.3 Å². The van der Waals surface area contributed by atoms with E-state index in [-0.39, 0.29) is 5.02 Å². The molecular formula is C15H13ClF2N2O. The van der Waals surface area contributed by atoms with E-state index in [0.717, 1.165) is 23.3 Å². The summed E-state index contributed by atoms with van der Waals surface area (Å²) in [6, 6.07) is 4.91. The van der Waals surface area contributed by atoms with Crippen molar-refractivity contribution < 1.29 is 13.6 Å². The number of benzene rings is 2. The van der Waals surface area contributed by atoms with Crippen LogP contribution in [0.4, 0.5) is 20.2 Å². The van der Waals surface area contributed by atoms with Gasteiger partial charge in [-0.2, -0.15) is 0 Å². The molecule has 2 aromatic rings. The number of hydrogen-bond donors (Lipinski definition) is 2. The maximum atomic E-state index is 13.7. The molecule has 0 aliphatic rings. The summed E-state index contributed by atoms with van der Waals surface area (Å²) in [4.78, 5) is 12.1. The Balaban J connectivity index is 2.37. The normalized spacial score (nSPS) is 10.5. The summed E-state index contributed by atoms with van der Waals surface area (Å²) < 4.78 is 27.1. The Morgan fingerprint density at radius 1 is 1.10 bits per heavy atom. The van der Waals surface area contributed by atoms with Gasteiger partial charge in [0.25, 0.3) is 5.91 Å². The van der Waals surface area contributed by atoms with Crippen LogP contribution in [0.25, 0.3) is 0 Å². The van der Waals surface area contributed by atoms with E-state index in [9.17, 15) is 13.6 Å². The number of amides is 1. The van der Waals surface area contributed by atoms with Crippen molar-refractivity contribution in [3.05, 3.63) is 57.6 Å². The molecule has 2 aromatic carbocycles. The summed E-state index contributed by atoms with van der Waals surface area (Å²) in [5, 5.41) is 2.19. The number of aryl methyl sites for hydroxylation is 2. The fourth-order valence-corrected chi connectivity index (χ4v) is 2.22. The molecule has 3 N–H and O–H groups in total. The van der Waals surface area contributed by atoms with E-state index in [1.165, 1.54) is 0 Å². The van der Waals surface area contributed by atoms with Crippen molar-refractivity contribution in [2.45, 2.75) is 13.8 Å². The lowest BCUT2D eigenvalue weighted by atomic mass is 10.1. The van der Waals surface area contributed by atoms with Crippen LogP contribution in [0.2, 0.25) is 5.02 Å². The third-order valence-corrected chi connectivity index (χ3v) is 3.34. The monoisotopic (exact) mass is 310 g/mol. The predicted molar refractivity (Wildman–Crippen MR) is 79.6 cm³/mol. The van der Waals surface area contributed by atoms with Crippen molar-refractivity contribution in [3.8, 4) is 0 Å². The molecule has 0 aliphatic carbocycles. The van der Waals surface area contributed by atoms with Crippen LogP contribution in [0, 0.1) is 25.5 Å². The summed E-state index contributed by atoms with van der Waals surface area (Å²) in [6.45, 7) is 3.52. The van der Waals surface area contributed by atoms with Gasteiger partial charge < -0.3 is 11.1 Å². The molecule has 1 amide bonds. The van der Waals surface area contributed by atoms with Crippen molar-refractivity contribution in [2.24, 2.45) is 0 Å². The Morgan fingerprint density at radius 3 is 2.24 bits per heavy atom. The van der Waals surface area contributed by atoms with Crippen molar-refractivity contribution in [2.75, 3.05) is 11.1 Å². The van der Waals surface area contributed by atoms with Gasteiger partial charge in [0.05, 0.1) is 10.6 Å². The van der Waals surface area contributed by atoms with Gasteiger partial charge in [-0.1, -0.05) is 11.6 Å². The molecular weight excluding hydrogens is 298 g/mol. The molecule has 0 saturated carbocycles. The summed E-state index contributed by atoms with van der Waals surface area (Å²) in [5.41, 5.74) is 7.83. The second-order valence-corrected chi connectivity index (χ2v) is 5.14. The summed E-state index contributed by atoms with van der Waals surface area (Å²) in [5.74, 6) is -2.49. The second-order valence-electron chi connectivity index (χ2n) is 4.73. The lowest BCUT2D eigenvalue weighted by Crippen LogP contribution is -2.16. The summed E-state index contributed by atoms with van der Waals surface area (Å²) in [7, 11) is 0. The molecule has 0 atom stereocenters. The lowest BCUT2D eigenvalue weighted by Gasteiger charge is -2.13. The molecule has 21 heavy (non-hydrogen) atoms. The standard InChI is InChI=1S/C15H13ClF2N2O/c1-7-3-9(19)4-8(2)14(7)20-15(21)10-5-13(18)11(16)6-12(10)17/h3-6H,19H2,1-2H3,(H,20,21). The number of hydrogen-bond acceptors (Lipinski definition) is 2. The Labute approximate surface area is 125 Å². The molecule has 0 spiro atoms. The first-order valence-electron chi connectivity index (χ1n) is 6.12. The number of nitrogen functional groups attached to an aromatic ring is 1. The van der Waals surface area contributed by atoms with Gasteiger partial charge in [0, 0.05) is 11.4 Å². The second kappa shape index (κ2) is 5.69. The molecule has 0 aromatic heterocycles. The van der Waals surface area contributed by atoms with Gasteiger partial charge in [0.15, 0.2) is 0 Å². The summed E-state index contributed by atoms with van der Waals surface area (Å²) in [6.07, 6.45) is 0. The summed E-state index contributed by atoms with van der Waals surface area (Å²) >= 11 is 5.46. The smallest absolute Gasteiger partial charge is 0.258 e. The zero-order valence-corrected chi connectivity index (χ0v) is 12.2. The number of rotatable bonds is 2. The van der Waals surface area contributed by atoms with Gasteiger partial charge in [-0.25, -0.2) is 8.78 Å². The van der Waals surface area contributed by atoms with Crippen molar-refractivity contribution in [1.29, 1.82) is 0 Å². The molecule has 110 valence electrons. The van der Waals surface area contributed by atoms with E-state index in [0.29, 0.717) is 11.4 Å². The molecule has 0 aliphatic heterocycles. The van der Waals surface area contributed by atoms with Crippen molar-refractivity contribution in [3.63, 3.8) is 0 Å². The maximum Gasteiger partial charge on any atom is 0.258 e. The Bertz CT molecular complexity index is 709. The fourth-order valence-electron chi connectivity index (χ4n) is 2.07. The Kier molecular flexibility index (Phi) is 4.14. The van der Waals surface area contributed by atoms with Gasteiger partial charge >= 0.3 is 0 Å². The third-order valence-electron chi connectivity index (χ3n) is 3.05. The number of anilines is 2. The van der Waals surface area contributed by atoms with E-state index in [1.54, 1.807) is 26.0 Å². The van der Waals surface area contributed by atoms with E-state index in [1.807, 2.05) is 0 Å². The molecule has 0 unspecified atom stereocenters. The number of halogens is 3. The van der Waals surface area contributed by atoms with Crippen LogP contribution in [0.5, 0.6) is 0 Å². The largest absolute Gasteiger partial charge is 0.399 e. The highest BCUT2D eigenvalue weighted by atomic mass is 35.5. The average molecular weight is 311 g/mol. The average Bonchev–Trinajstić information content (AvgIpc) is 2.37. The topological polar surface area (TPSA) is 55.1 Å². The number of nitrogens with one attached hydrogen (secondary N) is 1. The Hall–Kier alpha value is -2.14. The van der Waals surface area contributed by atoms with Crippen LogP contribution in [0.1, 0.15) is 21.5 Å². The molecule has 0 saturated heterocycles. The first kappa shape index (κ1) is 15.3. The van der Waals surface area contributed by atoms with Gasteiger partial charge in [-0.3, -0.25) is 4.79 Å². The van der Waals surface area contributed by atoms with E-state index >= 15 is 0 Å². The zero-order chi connectivity index (χ0) is 15.7. The van der Waals surface area contributed by atoms with Crippen LogP contribution in [0.3, 0.4) is 0 Å². The maximum absolute atomic E-state index is 13.7. The number of carbonyl (C=O) groups is 1. The molecule has 3 nitrogen and oxygen atoms in total. The molecule has 2 rings (SSSR count). The number of nitrogens with two attached hydrogens (primary N) is 1. The SMILES string of the molecule is Cc1cc(N)cc(C)c1NC(=O)c1cc(F)c(Cl)cc1F. The molecule has 0 bridgehead atoms. The van der Waals surface area contributed by atoms with Crippen LogP contribution >= 0.6 is 11.6 Å². The molecule has 6 heteroatoms. The van der Waals surface area contributed by atoms with Gasteiger partial charge in [0.1, 0.15) is 11.6 Å². The fraction of sp³-hybridized carbons (Fsp3) is 0.133. The first-order valence-corrected chi connectivity index (χ1v) is 6.50. The van der Waals surface area contributed by atoms with Crippen molar-refractivity contribution in [1.82, 2.24) is 0 Å². The van der Waals surface area contributed by atoms with Crippen LogP contribution < -0.4 is 11.1 Å². The highest BCUT2D eigenvalue weighted by Crippen LogP contribution is 2.25. The quantitative estimate of drug-likeness (QED) is 0.649. The molecule has 0 fully saturated rings. The van der Waals surface area contributed by atoms with Crippen molar-refractivity contribution >= 4 is 28.9 Å². The highest BCUT2D eigenvalue weighted by Gasteiger charge is 2.17. The minimum atomic E-state index is -0.885. The first-order chi connectivity index (χ1) is 9.79. The molecule has 0 radical (unpaired) electrons. The molecule has 0 heterocycles. The number of carbonyl (C=O) groups excluding carboxylic acids is 1. The van der Waals surface area contributed by atoms with Crippen LogP contribution in [-0.4, -0.2) is 5.91 Å². The predicted octanol–water partition coefficient (Wildman–Crippen LogP) is 4.07. The third kappa shape index (κ3) is 3.13. The van der Waals surface area contributed by atoms with Gasteiger partial charge in [0.2, 0.25) is 0 Å². The lowest BCUT2D eigenvalue weighted by molar-refractivity contribution is 0.102. The van der Waals surface area contributed by atoms with E-state index in [2.05, 4.69) is 5.32 Å². The Morgan fingerprint density at radius 2 is 1.67 bits per heavy atom. The highest BCUT2D eigenvalue weighted by molar-refractivity contribution is 6.30. The minimum Gasteiger partial charge on any atom is -0.399 e. The van der Waals surface area contributed by atoms with Gasteiger partial charge in [-0.15, -0.1) is 0 Å². The van der Waals surface area contributed by atoms with Crippen LogP contribution in [-0.2, 0) is 0 Å². The van der Waals surface area contributed by atoms with Gasteiger partial charge in [-0.05, 0) is 49.2 Å². The zero-order valence-electron chi connectivity index (χ0n) is 11.4.